The molecule has 0 saturated heterocycles. The summed E-state index contributed by atoms with van der Waals surface area (Å²) in [5.41, 5.74) is 0.988. The van der Waals surface area contributed by atoms with Crippen LogP contribution in [0.25, 0.3) is 0 Å². The van der Waals surface area contributed by atoms with E-state index in [2.05, 4.69) is 26.2 Å². The van der Waals surface area contributed by atoms with Gasteiger partial charge < -0.3 is 10.1 Å². The van der Waals surface area contributed by atoms with E-state index in [1.54, 1.807) is 19.5 Å². The van der Waals surface area contributed by atoms with E-state index in [4.69, 9.17) is 16.3 Å². The van der Waals surface area contributed by atoms with E-state index in [-0.39, 0.29) is 5.38 Å². The van der Waals surface area contributed by atoms with Crippen LogP contribution in [0.15, 0.2) is 22.9 Å². The molecule has 0 radical (unpaired) electrons. The lowest BCUT2D eigenvalue weighted by Crippen LogP contribution is -2.19. The highest BCUT2D eigenvalue weighted by Crippen LogP contribution is 2.19. The molecule has 1 rings (SSSR count). The van der Waals surface area contributed by atoms with Crippen molar-refractivity contribution in [1.29, 1.82) is 0 Å². The molecule has 0 fully saturated rings. The predicted octanol–water partition coefficient (Wildman–Crippen LogP) is 2.51. The molecule has 5 heteroatoms. The van der Waals surface area contributed by atoms with Gasteiger partial charge in [-0.1, -0.05) is 0 Å². The molecule has 0 aliphatic heterocycles. The Labute approximate surface area is 96.9 Å². The zero-order chi connectivity index (χ0) is 10.4. The second kappa shape index (κ2) is 6.22. The van der Waals surface area contributed by atoms with Crippen molar-refractivity contribution in [2.45, 2.75) is 5.38 Å². The van der Waals surface area contributed by atoms with E-state index in [1.807, 2.05) is 6.07 Å². The molecule has 1 unspecified atom stereocenters. The molecule has 0 saturated carbocycles. The van der Waals surface area contributed by atoms with Gasteiger partial charge >= 0.3 is 0 Å². The molecule has 0 aliphatic rings. The third kappa shape index (κ3) is 3.82. The summed E-state index contributed by atoms with van der Waals surface area (Å²) < 4.78 is 5.86. The Bertz CT molecular complexity index is 285. The maximum Gasteiger partial charge on any atom is 0.0741 e. The average molecular weight is 280 g/mol. The van der Waals surface area contributed by atoms with E-state index < -0.39 is 0 Å². The number of nitrogens with one attached hydrogen (secondary N) is 1. The van der Waals surface area contributed by atoms with Gasteiger partial charge in [0, 0.05) is 26.0 Å². The Hall–Kier alpha value is -0.320. The number of methoxy groups -OCH3 is 1. The number of aromatic nitrogens is 1. The predicted molar refractivity (Wildman–Crippen MR) is 61.9 cm³/mol. The molecule has 0 amide bonds. The minimum absolute atomic E-state index is 0.0277. The lowest BCUT2D eigenvalue weighted by atomic mass is 10.3. The van der Waals surface area contributed by atoms with Crippen LogP contribution in [0.1, 0.15) is 0 Å². The summed E-state index contributed by atoms with van der Waals surface area (Å²) in [4.78, 5) is 3.96. The third-order valence-electron chi connectivity index (χ3n) is 1.63. The average Bonchev–Trinajstić information content (AvgIpc) is 2.17. The minimum Gasteiger partial charge on any atom is -0.383 e. The van der Waals surface area contributed by atoms with Gasteiger partial charge in [-0.05, 0) is 22.0 Å². The highest BCUT2D eigenvalue weighted by atomic mass is 79.9. The molecule has 14 heavy (non-hydrogen) atoms. The highest BCUT2D eigenvalue weighted by Gasteiger charge is 2.04. The second-order valence-electron chi connectivity index (χ2n) is 2.79. The summed E-state index contributed by atoms with van der Waals surface area (Å²) in [7, 11) is 1.64. The molecule has 1 atom stereocenters. The first kappa shape index (κ1) is 11.8. The fourth-order valence-corrected chi connectivity index (χ4v) is 1.57. The van der Waals surface area contributed by atoms with Crippen molar-refractivity contribution in [3.63, 3.8) is 0 Å². The van der Waals surface area contributed by atoms with Gasteiger partial charge in [-0.25, -0.2) is 0 Å². The van der Waals surface area contributed by atoms with Crippen LogP contribution in [0.5, 0.6) is 0 Å². The van der Waals surface area contributed by atoms with Crippen molar-refractivity contribution in [2.24, 2.45) is 0 Å². The van der Waals surface area contributed by atoms with Gasteiger partial charge in [-0.15, -0.1) is 11.6 Å². The molecule has 1 N–H and O–H groups in total. The molecule has 0 aromatic carbocycles. The molecule has 1 aromatic heterocycles. The van der Waals surface area contributed by atoms with E-state index in [0.29, 0.717) is 13.2 Å². The Morgan fingerprint density at radius 1 is 1.71 bits per heavy atom. The summed E-state index contributed by atoms with van der Waals surface area (Å²) in [5, 5.41) is 3.17. The highest BCUT2D eigenvalue weighted by molar-refractivity contribution is 9.10. The molecule has 1 aromatic rings. The SMILES string of the molecule is COCC(Cl)CNc1ccncc1Br. The van der Waals surface area contributed by atoms with Crippen molar-refractivity contribution in [2.75, 3.05) is 25.6 Å². The van der Waals surface area contributed by atoms with Crippen LogP contribution in [-0.2, 0) is 4.74 Å². The first-order valence-electron chi connectivity index (χ1n) is 4.20. The minimum atomic E-state index is -0.0277. The van der Waals surface area contributed by atoms with E-state index >= 15 is 0 Å². The summed E-state index contributed by atoms with van der Waals surface area (Å²) in [6.45, 7) is 1.20. The van der Waals surface area contributed by atoms with Gasteiger partial charge in [0.1, 0.15) is 0 Å². The summed E-state index contributed by atoms with van der Waals surface area (Å²) in [6.07, 6.45) is 3.47. The monoisotopic (exact) mass is 278 g/mol. The standard InChI is InChI=1S/C9H12BrClN2O/c1-14-6-7(11)4-13-9-2-3-12-5-8(9)10/h2-3,5,7H,4,6H2,1H3,(H,12,13). The second-order valence-corrected chi connectivity index (χ2v) is 4.26. The van der Waals surface area contributed by atoms with Crippen LogP contribution in [0.2, 0.25) is 0 Å². The van der Waals surface area contributed by atoms with Crippen molar-refractivity contribution in [1.82, 2.24) is 4.98 Å². The Balaban J connectivity index is 2.41. The fraction of sp³-hybridized carbons (Fsp3) is 0.444. The zero-order valence-corrected chi connectivity index (χ0v) is 10.2. The number of rotatable bonds is 5. The van der Waals surface area contributed by atoms with Gasteiger partial charge in [0.25, 0.3) is 0 Å². The Morgan fingerprint density at radius 2 is 2.50 bits per heavy atom. The first-order valence-corrected chi connectivity index (χ1v) is 5.43. The normalized spacial score (nSPS) is 12.5. The van der Waals surface area contributed by atoms with Gasteiger partial charge in [-0.3, -0.25) is 4.98 Å². The number of alkyl halides is 1. The van der Waals surface area contributed by atoms with Gasteiger partial charge in [0.15, 0.2) is 0 Å². The van der Waals surface area contributed by atoms with Crippen LogP contribution < -0.4 is 5.32 Å². The molecule has 3 nitrogen and oxygen atoms in total. The van der Waals surface area contributed by atoms with Gasteiger partial charge in [-0.2, -0.15) is 0 Å². The summed E-state index contributed by atoms with van der Waals surface area (Å²) in [6, 6.07) is 1.89. The van der Waals surface area contributed by atoms with Crippen molar-refractivity contribution in [3.05, 3.63) is 22.9 Å². The number of ether oxygens (including phenoxy) is 1. The molecular formula is C9H12BrClN2O. The number of anilines is 1. The van der Waals surface area contributed by atoms with E-state index in [0.717, 1.165) is 10.2 Å². The molecule has 1 heterocycles. The Kier molecular flexibility index (Phi) is 5.22. The number of halogens is 2. The quantitative estimate of drug-likeness (QED) is 0.841. The largest absolute Gasteiger partial charge is 0.383 e. The van der Waals surface area contributed by atoms with E-state index in [1.165, 1.54) is 0 Å². The number of hydrogen-bond donors (Lipinski definition) is 1. The van der Waals surface area contributed by atoms with Crippen LogP contribution in [0.4, 0.5) is 5.69 Å². The smallest absolute Gasteiger partial charge is 0.0741 e. The third-order valence-corrected chi connectivity index (χ3v) is 2.55. The van der Waals surface area contributed by atoms with Crippen LogP contribution in [-0.4, -0.2) is 30.6 Å². The first-order chi connectivity index (χ1) is 6.74. The van der Waals surface area contributed by atoms with Crippen LogP contribution in [0.3, 0.4) is 0 Å². The van der Waals surface area contributed by atoms with Gasteiger partial charge in [0.05, 0.1) is 22.1 Å². The molecule has 0 aliphatic carbocycles. The number of nitrogens with zero attached hydrogens (tertiary/aromatic N) is 1. The van der Waals surface area contributed by atoms with Crippen LogP contribution in [0, 0.1) is 0 Å². The topological polar surface area (TPSA) is 34.1 Å². The maximum atomic E-state index is 5.96. The fourth-order valence-electron chi connectivity index (χ4n) is 0.979. The summed E-state index contributed by atoms with van der Waals surface area (Å²) >= 11 is 9.35. The van der Waals surface area contributed by atoms with Gasteiger partial charge in [0.2, 0.25) is 0 Å². The number of pyridine rings is 1. The molecule has 0 spiro atoms. The molecule has 0 bridgehead atoms. The molecule has 78 valence electrons. The van der Waals surface area contributed by atoms with Crippen molar-refractivity contribution < 1.29 is 4.74 Å². The number of hydrogen-bond acceptors (Lipinski definition) is 3. The maximum absolute atomic E-state index is 5.96. The summed E-state index contributed by atoms with van der Waals surface area (Å²) in [5.74, 6) is 0. The van der Waals surface area contributed by atoms with Crippen LogP contribution >= 0.6 is 27.5 Å². The van der Waals surface area contributed by atoms with E-state index in [9.17, 15) is 0 Å². The zero-order valence-electron chi connectivity index (χ0n) is 7.84. The lowest BCUT2D eigenvalue weighted by molar-refractivity contribution is 0.200. The Morgan fingerprint density at radius 3 is 3.14 bits per heavy atom. The van der Waals surface area contributed by atoms with Crippen molar-refractivity contribution >= 4 is 33.2 Å². The lowest BCUT2D eigenvalue weighted by Gasteiger charge is -2.11. The molecular weight excluding hydrogens is 267 g/mol. The van der Waals surface area contributed by atoms with Crippen molar-refractivity contribution in [3.8, 4) is 0 Å².